The van der Waals surface area contributed by atoms with Crippen LogP contribution in [0.2, 0.25) is 0 Å². The highest BCUT2D eigenvalue weighted by Crippen LogP contribution is 2.34. The lowest BCUT2D eigenvalue weighted by molar-refractivity contribution is -0.383. The Hall–Kier alpha value is -3.76. The van der Waals surface area contributed by atoms with Crippen LogP contribution >= 0.6 is 0 Å². The van der Waals surface area contributed by atoms with Crippen molar-refractivity contribution in [2.75, 3.05) is 49.1 Å². The lowest BCUT2D eigenvalue weighted by Crippen LogP contribution is -2.46. The molecule has 1 aromatic heterocycles. The quantitative estimate of drug-likeness (QED) is 0.392. The van der Waals surface area contributed by atoms with E-state index < -0.39 is 4.92 Å². The van der Waals surface area contributed by atoms with Crippen molar-refractivity contribution >= 4 is 17.3 Å². The molecule has 1 aliphatic rings. The molecule has 29 heavy (non-hydrogen) atoms. The first-order valence-corrected chi connectivity index (χ1v) is 9.13. The van der Waals surface area contributed by atoms with Crippen molar-refractivity contribution in [2.24, 2.45) is 0 Å². The number of nitrogens with zero attached hydrogens (tertiary/aromatic N) is 8. The molecular weight excluding hydrogens is 372 g/mol. The van der Waals surface area contributed by atoms with Crippen LogP contribution in [0.1, 0.15) is 5.56 Å². The van der Waals surface area contributed by atoms with Gasteiger partial charge in [-0.25, -0.2) is 9.97 Å². The van der Waals surface area contributed by atoms with Gasteiger partial charge in [0.25, 0.3) is 0 Å². The van der Waals surface area contributed by atoms with Gasteiger partial charge in [0.2, 0.25) is 11.6 Å². The Morgan fingerprint density at radius 3 is 2.31 bits per heavy atom. The first-order valence-electron chi connectivity index (χ1n) is 9.13. The molecule has 148 valence electrons. The van der Waals surface area contributed by atoms with E-state index in [1.807, 2.05) is 35.2 Å². The van der Waals surface area contributed by atoms with Crippen molar-refractivity contribution in [3.8, 4) is 12.1 Å². The smallest absolute Gasteiger partial charge is 0.348 e. The highest BCUT2D eigenvalue weighted by Gasteiger charge is 2.31. The molecule has 0 spiro atoms. The van der Waals surface area contributed by atoms with Crippen LogP contribution in [0.3, 0.4) is 0 Å². The molecule has 2 aromatic rings. The van der Waals surface area contributed by atoms with E-state index in [0.717, 1.165) is 19.6 Å². The van der Waals surface area contributed by atoms with Gasteiger partial charge >= 0.3 is 5.69 Å². The third kappa shape index (κ3) is 4.75. The zero-order valence-electron chi connectivity index (χ0n) is 15.8. The Kier molecular flexibility index (Phi) is 6.51. The van der Waals surface area contributed by atoms with Crippen LogP contribution in [-0.4, -0.2) is 59.1 Å². The second-order valence-electron chi connectivity index (χ2n) is 6.55. The Bertz CT molecular complexity index is 913. The second kappa shape index (κ2) is 9.44. The summed E-state index contributed by atoms with van der Waals surface area (Å²) in [4.78, 5) is 24.9. The standard InChI is InChI=1S/C19H20N8O2/c20-6-8-25(9-7-21)18-17(27(28)29)19(23-15-22-18)26-12-10-24(11-13-26)14-16-4-2-1-3-5-16/h1-5,15H,8-14H2. The zero-order valence-corrected chi connectivity index (χ0v) is 15.8. The fourth-order valence-corrected chi connectivity index (χ4v) is 3.32. The van der Waals surface area contributed by atoms with Gasteiger partial charge in [0.15, 0.2) is 0 Å². The Labute approximate surface area is 168 Å². The van der Waals surface area contributed by atoms with E-state index in [9.17, 15) is 10.1 Å². The highest BCUT2D eigenvalue weighted by molar-refractivity contribution is 5.71. The van der Waals surface area contributed by atoms with Crippen molar-refractivity contribution in [3.63, 3.8) is 0 Å². The van der Waals surface area contributed by atoms with E-state index >= 15 is 0 Å². The van der Waals surface area contributed by atoms with Gasteiger partial charge in [-0.15, -0.1) is 0 Å². The summed E-state index contributed by atoms with van der Waals surface area (Å²) in [6.45, 7) is 3.13. The fourth-order valence-electron chi connectivity index (χ4n) is 3.32. The summed E-state index contributed by atoms with van der Waals surface area (Å²) in [5.41, 5.74) is 0.953. The molecule has 10 nitrogen and oxygen atoms in total. The molecule has 0 radical (unpaired) electrons. The lowest BCUT2D eigenvalue weighted by Gasteiger charge is -2.35. The number of anilines is 2. The molecule has 0 bridgehead atoms. The van der Waals surface area contributed by atoms with E-state index in [4.69, 9.17) is 10.5 Å². The molecule has 1 aromatic carbocycles. The zero-order chi connectivity index (χ0) is 20.6. The summed E-state index contributed by atoms with van der Waals surface area (Å²) in [5, 5.41) is 29.8. The predicted molar refractivity (Wildman–Crippen MR) is 106 cm³/mol. The van der Waals surface area contributed by atoms with Crippen LogP contribution < -0.4 is 9.80 Å². The summed E-state index contributed by atoms with van der Waals surface area (Å²) in [6.07, 6.45) is 1.25. The molecule has 10 heteroatoms. The molecule has 0 N–H and O–H groups in total. The molecular formula is C19H20N8O2. The minimum absolute atomic E-state index is 0.00480. The van der Waals surface area contributed by atoms with Gasteiger partial charge < -0.3 is 9.80 Å². The lowest BCUT2D eigenvalue weighted by atomic mass is 10.2. The number of hydrogen-bond acceptors (Lipinski definition) is 9. The van der Waals surface area contributed by atoms with Gasteiger partial charge in [-0.3, -0.25) is 15.0 Å². The minimum Gasteiger partial charge on any atom is -0.348 e. The summed E-state index contributed by atoms with van der Waals surface area (Å²) >= 11 is 0. The van der Waals surface area contributed by atoms with Gasteiger partial charge in [0.05, 0.1) is 17.1 Å². The number of nitriles is 2. The molecule has 0 unspecified atom stereocenters. The van der Waals surface area contributed by atoms with E-state index in [-0.39, 0.29) is 30.4 Å². The Morgan fingerprint density at radius 2 is 1.72 bits per heavy atom. The molecule has 0 aliphatic carbocycles. The van der Waals surface area contributed by atoms with Gasteiger partial charge in [0.1, 0.15) is 19.4 Å². The van der Waals surface area contributed by atoms with Crippen LogP contribution in [0.15, 0.2) is 36.7 Å². The van der Waals surface area contributed by atoms with E-state index in [0.29, 0.717) is 13.1 Å². The number of benzene rings is 1. The van der Waals surface area contributed by atoms with Crippen molar-refractivity contribution < 1.29 is 4.92 Å². The van der Waals surface area contributed by atoms with E-state index in [1.165, 1.54) is 16.8 Å². The Morgan fingerprint density at radius 1 is 1.07 bits per heavy atom. The SMILES string of the molecule is N#CCN(CC#N)c1ncnc(N2CCN(Cc3ccccc3)CC2)c1[N+](=O)[O-]. The van der Waals surface area contributed by atoms with Gasteiger partial charge in [-0.2, -0.15) is 10.5 Å². The molecule has 0 atom stereocenters. The minimum atomic E-state index is -0.539. The fraction of sp³-hybridized carbons (Fsp3) is 0.368. The van der Waals surface area contributed by atoms with Gasteiger partial charge in [0, 0.05) is 32.7 Å². The van der Waals surface area contributed by atoms with Crippen molar-refractivity contribution in [2.45, 2.75) is 6.54 Å². The number of aromatic nitrogens is 2. The summed E-state index contributed by atoms with van der Waals surface area (Å²) < 4.78 is 0. The van der Waals surface area contributed by atoms with Crippen LogP contribution in [-0.2, 0) is 6.54 Å². The van der Waals surface area contributed by atoms with E-state index in [1.54, 1.807) is 0 Å². The first-order chi connectivity index (χ1) is 14.1. The van der Waals surface area contributed by atoms with Crippen molar-refractivity contribution in [3.05, 3.63) is 52.3 Å². The summed E-state index contributed by atoms with van der Waals surface area (Å²) in [5.74, 6) is 0.218. The maximum Gasteiger partial charge on any atom is 0.353 e. The number of hydrogen-bond donors (Lipinski definition) is 0. The second-order valence-corrected chi connectivity index (χ2v) is 6.55. The normalized spacial score (nSPS) is 14.1. The average Bonchev–Trinajstić information content (AvgIpc) is 2.74. The topological polar surface area (TPSA) is 126 Å². The monoisotopic (exact) mass is 392 g/mol. The number of piperazine rings is 1. The molecule has 1 saturated heterocycles. The van der Waals surface area contributed by atoms with Crippen molar-refractivity contribution in [1.29, 1.82) is 10.5 Å². The van der Waals surface area contributed by atoms with Crippen LogP contribution in [0.25, 0.3) is 0 Å². The van der Waals surface area contributed by atoms with Gasteiger partial charge in [-0.05, 0) is 5.56 Å². The molecule has 1 fully saturated rings. The van der Waals surface area contributed by atoms with Crippen LogP contribution in [0.5, 0.6) is 0 Å². The highest BCUT2D eigenvalue weighted by atomic mass is 16.6. The summed E-state index contributed by atoms with van der Waals surface area (Å²) in [6, 6.07) is 14.0. The third-order valence-electron chi connectivity index (χ3n) is 4.71. The molecule has 2 heterocycles. The maximum atomic E-state index is 11.8. The maximum absolute atomic E-state index is 11.8. The average molecular weight is 392 g/mol. The first kappa shape index (κ1) is 20.0. The molecule has 0 saturated carbocycles. The Balaban J connectivity index is 1.79. The molecule has 3 rings (SSSR count). The third-order valence-corrected chi connectivity index (χ3v) is 4.71. The van der Waals surface area contributed by atoms with Crippen LogP contribution in [0.4, 0.5) is 17.3 Å². The molecule has 1 aliphatic heterocycles. The van der Waals surface area contributed by atoms with Crippen molar-refractivity contribution in [1.82, 2.24) is 14.9 Å². The molecule has 0 amide bonds. The largest absolute Gasteiger partial charge is 0.353 e. The number of rotatable bonds is 7. The van der Waals surface area contributed by atoms with Gasteiger partial charge in [-0.1, -0.05) is 30.3 Å². The number of nitro groups is 1. The predicted octanol–water partition coefficient (Wildman–Crippen LogP) is 1.56. The van der Waals surface area contributed by atoms with Crippen LogP contribution in [0, 0.1) is 32.8 Å². The summed E-state index contributed by atoms with van der Waals surface area (Å²) in [7, 11) is 0. The van der Waals surface area contributed by atoms with E-state index in [2.05, 4.69) is 27.0 Å².